The maximum absolute atomic E-state index is 13.5. The number of thioether (sulfide) groups is 2. The van der Waals surface area contributed by atoms with Crippen LogP contribution in [0.2, 0.25) is 0 Å². The quantitative estimate of drug-likeness (QED) is 0.221. The highest BCUT2D eigenvalue weighted by atomic mass is 32.2. The molecule has 5 aliphatic rings. The first-order valence-corrected chi connectivity index (χ1v) is 15.1. The van der Waals surface area contributed by atoms with Gasteiger partial charge in [0.2, 0.25) is 0 Å². The summed E-state index contributed by atoms with van der Waals surface area (Å²) in [6.45, 7) is 2.61. The van der Waals surface area contributed by atoms with Gasteiger partial charge in [-0.1, -0.05) is 36.1 Å². The van der Waals surface area contributed by atoms with Gasteiger partial charge in [-0.3, -0.25) is 9.69 Å². The van der Waals surface area contributed by atoms with Gasteiger partial charge in [0.1, 0.15) is 5.75 Å². The Balaban J connectivity index is 1.35. The number of anilines is 1. The monoisotopic (exact) mass is 521 g/mol. The Morgan fingerprint density at radius 2 is 1.83 bits per heavy atom. The average Bonchev–Trinajstić information content (AvgIpc) is 3.12. The van der Waals surface area contributed by atoms with Crippen LogP contribution in [0.4, 0.5) is 5.69 Å². The maximum atomic E-state index is 13.5. The lowest BCUT2D eigenvalue weighted by molar-refractivity contribution is -0.113. The van der Waals surface area contributed by atoms with E-state index < -0.39 is 0 Å². The number of ether oxygens (including phenoxy) is 1. The molecule has 0 aromatic heterocycles. The lowest BCUT2D eigenvalue weighted by atomic mass is 9.48. The Kier molecular flexibility index (Phi) is 6.26. The summed E-state index contributed by atoms with van der Waals surface area (Å²) in [7, 11) is 0. The standard InChI is InChI=1S/C29H31NO2S3/c1-3-32-25-8-7-22(29-15-18-9-19(16-29)11-20(10-18)17-29)12-21(25)13-26-27(31)30(28(33)35-26)23-5-4-6-24(14-23)34-2/h4-8,12-14,18-20H,3,9-11,15-17H2,1-2H3/b26-13+. The molecular formula is C29H31NO2S3. The number of hydrogen-bond donors (Lipinski definition) is 0. The van der Waals surface area contributed by atoms with Crippen molar-refractivity contribution in [1.29, 1.82) is 0 Å². The molecule has 0 N–H and O–H groups in total. The predicted octanol–water partition coefficient (Wildman–Crippen LogP) is 7.68. The zero-order valence-electron chi connectivity index (χ0n) is 20.3. The second kappa shape index (κ2) is 9.28. The lowest BCUT2D eigenvalue weighted by Gasteiger charge is -2.57. The summed E-state index contributed by atoms with van der Waals surface area (Å²) in [6.07, 6.45) is 12.3. The summed E-state index contributed by atoms with van der Waals surface area (Å²) in [5.41, 5.74) is 3.57. The smallest absolute Gasteiger partial charge is 0.270 e. The molecule has 182 valence electrons. The van der Waals surface area contributed by atoms with Crippen LogP contribution < -0.4 is 9.64 Å². The summed E-state index contributed by atoms with van der Waals surface area (Å²) in [4.78, 5) is 16.9. The third-order valence-electron chi connectivity index (χ3n) is 8.35. The summed E-state index contributed by atoms with van der Waals surface area (Å²) < 4.78 is 6.59. The van der Waals surface area contributed by atoms with Crippen LogP contribution in [0.1, 0.15) is 56.6 Å². The first-order chi connectivity index (χ1) is 17.0. The fourth-order valence-corrected chi connectivity index (χ4v) is 9.07. The van der Waals surface area contributed by atoms with Gasteiger partial charge in [-0.15, -0.1) is 11.8 Å². The zero-order valence-corrected chi connectivity index (χ0v) is 22.7. The molecule has 0 unspecified atom stereocenters. The van der Waals surface area contributed by atoms with E-state index >= 15 is 0 Å². The van der Waals surface area contributed by atoms with Gasteiger partial charge in [0.05, 0.1) is 17.2 Å². The highest BCUT2D eigenvalue weighted by Crippen LogP contribution is 2.61. The van der Waals surface area contributed by atoms with Crippen LogP contribution in [0.15, 0.2) is 52.3 Å². The van der Waals surface area contributed by atoms with Crippen molar-refractivity contribution in [3.8, 4) is 5.75 Å². The Morgan fingerprint density at radius 1 is 1.11 bits per heavy atom. The van der Waals surface area contributed by atoms with Crippen LogP contribution in [-0.4, -0.2) is 23.1 Å². The van der Waals surface area contributed by atoms with E-state index in [1.54, 1.807) is 16.7 Å². The molecule has 0 radical (unpaired) electrons. The maximum Gasteiger partial charge on any atom is 0.270 e. The van der Waals surface area contributed by atoms with Crippen molar-refractivity contribution in [3.63, 3.8) is 0 Å². The van der Waals surface area contributed by atoms with E-state index in [9.17, 15) is 4.79 Å². The second-order valence-electron chi connectivity index (χ2n) is 10.6. The summed E-state index contributed by atoms with van der Waals surface area (Å²) in [5.74, 6) is 3.47. The van der Waals surface area contributed by atoms with Crippen molar-refractivity contribution in [2.45, 2.75) is 55.8 Å². The first-order valence-electron chi connectivity index (χ1n) is 12.7. The molecule has 1 aliphatic heterocycles. The molecule has 0 spiro atoms. The normalized spacial score (nSPS) is 30.5. The number of thiocarbonyl (C=S) groups is 1. The molecule has 35 heavy (non-hydrogen) atoms. The summed E-state index contributed by atoms with van der Waals surface area (Å²) >= 11 is 8.69. The molecule has 2 aromatic carbocycles. The molecule has 6 heteroatoms. The molecule has 1 saturated heterocycles. The van der Waals surface area contributed by atoms with Gasteiger partial charge in [-0.05, 0) is 117 Å². The third-order valence-corrected chi connectivity index (χ3v) is 10.4. The Morgan fingerprint density at radius 3 is 2.49 bits per heavy atom. The van der Waals surface area contributed by atoms with Gasteiger partial charge >= 0.3 is 0 Å². The molecule has 0 atom stereocenters. The lowest BCUT2D eigenvalue weighted by Crippen LogP contribution is -2.48. The van der Waals surface area contributed by atoms with E-state index in [-0.39, 0.29) is 5.91 Å². The average molecular weight is 522 g/mol. The van der Waals surface area contributed by atoms with E-state index in [1.807, 2.05) is 43.5 Å². The topological polar surface area (TPSA) is 29.5 Å². The van der Waals surface area contributed by atoms with E-state index in [1.165, 1.54) is 55.9 Å². The molecule has 1 amide bonds. The number of carbonyl (C=O) groups excluding carboxylic acids is 1. The highest BCUT2D eigenvalue weighted by Gasteiger charge is 2.51. The molecule has 7 rings (SSSR count). The number of hydrogen-bond acceptors (Lipinski definition) is 5. The molecule has 2 aromatic rings. The predicted molar refractivity (Wildman–Crippen MR) is 151 cm³/mol. The molecule has 4 aliphatic carbocycles. The van der Waals surface area contributed by atoms with Gasteiger partial charge in [0.15, 0.2) is 4.32 Å². The Labute approximate surface area is 222 Å². The van der Waals surface area contributed by atoms with E-state index in [4.69, 9.17) is 17.0 Å². The van der Waals surface area contributed by atoms with Crippen molar-refractivity contribution >= 4 is 57.7 Å². The van der Waals surface area contributed by atoms with Crippen LogP contribution >= 0.6 is 35.7 Å². The summed E-state index contributed by atoms with van der Waals surface area (Å²) in [5, 5.41) is 0. The van der Waals surface area contributed by atoms with Gasteiger partial charge < -0.3 is 4.74 Å². The van der Waals surface area contributed by atoms with Gasteiger partial charge in [0, 0.05) is 10.5 Å². The minimum Gasteiger partial charge on any atom is -0.493 e. The third kappa shape index (κ3) is 4.25. The van der Waals surface area contributed by atoms with E-state index in [0.717, 1.165) is 39.6 Å². The van der Waals surface area contributed by atoms with E-state index in [2.05, 4.69) is 18.2 Å². The fraction of sp³-hybridized carbons (Fsp3) is 0.448. The molecule has 4 saturated carbocycles. The molecule has 5 fully saturated rings. The van der Waals surface area contributed by atoms with Crippen molar-refractivity contribution in [1.82, 2.24) is 0 Å². The van der Waals surface area contributed by atoms with Crippen LogP contribution in [0.3, 0.4) is 0 Å². The molecular weight excluding hydrogens is 491 g/mol. The SMILES string of the molecule is CCOc1ccc(C23CC4CC(CC(C4)C2)C3)cc1/C=C1/SC(=S)N(c2cccc(SC)c2)C1=O. The van der Waals surface area contributed by atoms with Crippen molar-refractivity contribution in [3.05, 3.63) is 58.5 Å². The van der Waals surface area contributed by atoms with Gasteiger partial charge in [-0.2, -0.15) is 0 Å². The number of carbonyl (C=O) groups is 1. The molecule has 4 bridgehead atoms. The van der Waals surface area contributed by atoms with Gasteiger partial charge in [0.25, 0.3) is 5.91 Å². The molecule has 3 nitrogen and oxygen atoms in total. The van der Waals surface area contributed by atoms with Gasteiger partial charge in [-0.25, -0.2) is 0 Å². The Hall–Kier alpha value is -1.76. The number of benzene rings is 2. The fourth-order valence-electron chi connectivity index (χ4n) is 7.32. The Bertz CT molecular complexity index is 1180. The van der Waals surface area contributed by atoms with Crippen molar-refractivity contribution < 1.29 is 9.53 Å². The summed E-state index contributed by atoms with van der Waals surface area (Å²) in [6, 6.07) is 14.8. The first kappa shape index (κ1) is 23.6. The van der Waals surface area contributed by atoms with Crippen molar-refractivity contribution in [2.75, 3.05) is 17.8 Å². The van der Waals surface area contributed by atoms with Crippen LogP contribution in [0.25, 0.3) is 6.08 Å². The minimum absolute atomic E-state index is 0.0547. The number of rotatable bonds is 6. The van der Waals surface area contributed by atoms with Crippen LogP contribution in [-0.2, 0) is 10.2 Å². The zero-order chi connectivity index (χ0) is 24.2. The molecule has 1 heterocycles. The second-order valence-corrected chi connectivity index (χ2v) is 13.2. The van der Waals surface area contributed by atoms with Crippen LogP contribution in [0.5, 0.6) is 5.75 Å². The van der Waals surface area contributed by atoms with Crippen molar-refractivity contribution in [2.24, 2.45) is 17.8 Å². The van der Waals surface area contributed by atoms with E-state index in [0.29, 0.717) is 21.2 Å². The minimum atomic E-state index is -0.0547. The number of amides is 1. The largest absolute Gasteiger partial charge is 0.493 e. The number of nitrogens with zero attached hydrogens (tertiary/aromatic N) is 1. The highest BCUT2D eigenvalue weighted by molar-refractivity contribution is 8.27. The van der Waals surface area contributed by atoms with Crippen LogP contribution in [0, 0.1) is 17.8 Å².